The number of methoxy groups -OCH3 is 1. The van der Waals surface area contributed by atoms with Gasteiger partial charge in [0.15, 0.2) is 0 Å². The minimum absolute atomic E-state index is 0.154. The van der Waals surface area contributed by atoms with Crippen molar-refractivity contribution in [1.82, 2.24) is 5.32 Å². The number of hydrogen-bond acceptors (Lipinski definition) is 6. The van der Waals surface area contributed by atoms with Gasteiger partial charge in [-0.2, -0.15) is 0 Å². The Morgan fingerprint density at radius 2 is 1.60 bits per heavy atom. The first-order chi connectivity index (χ1) is 14.1. The fourth-order valence-corrected chi connectivity index (χ4v) is 3.71. The largest absolute Gasteiger partial charge is 0.467 e. The Balaban J connectivity index is 2.05. The number of carbonyl (C=O) groups excluding carboxylic acids is 2. The van der Waals surface area contributed by atoms with E-state index in [2.05, 4.69) is 5.32 Å². The van der Waals surface area contributed by atoms with Crippen molar-refractivity contribution < 1.29 is 23.2 Å². The third-order valence-electron chi connectivity index (χ3n) is 5.72. The van der Waals surface area contributed by atoms with E-state index in [1.54, 1.807) is 20.8 Å². The summed E-state index contributed by atoms with van der Waals surface area (Å²) >= 11 is 0. The molecule has 2 aromatic heterocycles. The Kier molecular flexibility index (Phi) is 5.74. The molecule has 0 fully saturated rings. The lowest BCUT2D eigenvalue weighted by Crippen LogP contribution is -2.45. The number of ether oxygens (including phenoxy) is 1. The topological polar surface area (TPSA) is 98.8 Å². The summed E-state index contributed by atoms with van der Waals surface area (Å²) in [6.07, 6.45) is -0.190. The Hall–Kier alpha value is -3.09. The smallest absolute Gasteiger partial charge is 0.340 e. The molecule has 160 valence electrons. The number of nitrogens with one attached hydrogen (secondary N) is 1. The van der Waals surface area contributed by atoms with Gasteiger partial charge in [-0.05, 0) is 50.8 Å². The minimum Gasteiger partial charge on any atom is -0.467 e. The lowest BCUT2D eigenvalue weighted by molar-refractivity contribution is -0.146. The van der Waals surface area contributed by atoms with E-state index in [9.17, 15) is 14.4 Å². The van der Waals surface area contributed by atoms with Gasteiger partial charge >= 0.3 is 11.6 Å². The zero-order chi connectivity index (χ0) is 22.3. The number of amides is 1. The van der Waals surface area contributed by atoms with Gasteiger partial charge in [0.25, 0.3) is 0 Å². The monoisotopic (exact) mass is 413 g/mol. The van der Waals surface area contributed by atoms with Crippen LogP contribution in [0.5, 0.6) is 0 Å². The zero-order valence-electron chi connectivity index (χ0n) is 18.4. The Bertz CT molecular complexity index is 1210. The Morgan fingerprint density at radius 1 is 1.00 bits per heavy atom. The highest BCUT2D eigenvalue weighted by atomic mass is 16.5. The van der Waals surface area contributed by atoms with Crippen molar-refractivity contribution in [1.29, 1.82) is 0 Å². The Morgan fingerprint density at radius 3 is 2.20 bits per heavy atom. The highest BCUT2D eigenvalue weighted by molar-refractivity contribution is 6.00. The molecule has 0 radical (unpaired) electrons. The fraction of sp³-hybridized carbons (Fsp3) is 0.435. The molecule has 0 spiro atoms. The molecular formula is C23H27NO6. The summed E-state index contributed by atoms with van der Waals surface area (Å²) in [5.74, 6) is -0.310. The second kappa shape index (κ2) is 7.97. The van der Waals surface area contributed by atoms with Gasteiger partial charge in [-0.15, -0.1) is 0 Å². The second-order valence-corrected chi connectivity index (χ2v) is 8.02. The summed E-state index contributed by atoms with van der Waals surface area (Å²) in [5, 5.41) is 4.38. The molecule has 3 rings (SSSR count). The average molecular weight is 413 g/mol. The van der Waals surface area contributed by atoms with Crippen LogP contribution in [0.15, 0.2) is 19.7 Å². The molecule has 1 amide bonds. The highest BCUT2D eigenvalue weighted by Crippen LogP contribution is 2.34. The highest BCUT2D eigenvalue weighted by Gasteiger charge is 2.26. The van der Waals surface area contributed by atoms with Crippen molar-refractivity contribution in [3.8, 4) is 0 Å². The van der Waals surface area contributed by atoms with E-state index in [4.69, 9.17) is 13.6 Å². The van der Waals surface area contributed by atoms with Gasteiger partial charge in [-0.25, -0.2) is 9.59 Å². The number of hydrogen-bond donors (Lipinski definition) is 1. The molecule has 7 nitrogen and oxygen atoms in total. The molecule has 1 aromatic carbocycles. The van der Waals surface area contributed by atoms with Crippen molar-refractivity contribution in [2.24, 2.45) is 5.92 Å². The van der Waals surface area contributed by atoms with Gasteiger partial charge in [0.2, 0.25) is 5.91 Å². The lowest BCUT2D eigenvalue weighted by Gasteiger charge is -2.20. The Labute approximate surface area is 174 Å². The molecule has 0 bridgehead atoms. The summed E-state index contributed by atoms with van der Waals surface area (Å²) in [4.78, 5) is 37.2. The maximum Gasteiger partial charge on any atom is 0.340 e. The molecule has 0 unspecified atom stereocenters. The van der Waals surface area contributed by atoms with E-state index in [1.165, 1.54) is 7.11 Å². The quantitative estimate of drug-likeness (QED) is 0.507. The van der Waals surface area contributed by atoms with E-state index in [0.717, 1.165) is 27.7 Å². The van der Waals surface area contributed by atoms with E-state index >= 15 is 0 Å². The van der Waals surface area contributed by atoms with Gasteiger partial charge in [0.1, 0.15) is 23.0 Å². The van der Waals surface area contributed by atoms with Gasteiger partial charge in [-0.1, -0.05) is 13.8 Å². The number of furan rings is 1. The van der Waals surface area contributed by atoms with Crippen LogP contribution in [-0.4, -0.2) is 25.0 Å². The number of fused-ring (bicyclic) bond motifs is 2. The SMILES string of the molecule is COC(=O)[C@H](NC(=O)Cc1c(C)c2cc3c(C)c(C)oc3c(C)c2oc1=O)C(C)C. The number of esters is 1. The average Bonchev–Trinajstić information content (AvgIpc) is 2.98. The van der Waals surface area contributed by atoms with Crippen molar-refractivity contribution in [2.75, 3.05) is 7.11 Å². The van der Waals surface area contributed by atoms with Crippen LogP contribution in [0.4, 0.5) is 0 Å². The van der Waals surface area contributed by atoms with Crippen LogP contribution in [0.25, 0.3) is 21.9 Å². The van der Waals surface area contributed by atoms with Crippen LogP contribution < -0.4 is 10.9 Å². The summed E-state index contributed by atoms with van der Waals surface area (Å²) in [5.41, 5.74) is 3.30. The number of carbonyl (C=O) groups is 2. The first kappa shape index (κ1) is 21.6. The van der Waals surface area contributed by atoms with Crippen molar-refractivity contribution >= 4 is 33.8 Å². The van der Waals surface area contributed by atoms with E-state index in [-0.39, 0.29) is 17.9 Å². The van der Waals surface area contributed by atoms with Crippen molar-refractivity contribution in [2.45, 2.75) is 54.0 Å². The maximum absolute atomic E-state index is 12.7. The summed E-state index contributed by atoms with van der Waals surface area (Å²) in [7, 11) is 1.27. The first-order valence-corrected chi connectivity index (χ1v) is 9.89. The standard InChI is InChI=1S/C23H27NO6/c1-10(2)19(23(27)28-7)24-18(25)9-17-12(4)16-8-15-11(3)14(6)29-20(15)13(5)21(16)30-22(17)26/h8,10,19H,9H2,1-7H3,(H,24,25)/t19-/m1/s1. The summed E-state index contributed by atoms with van der Waals surface area (Å²) < 4.78 is 16.2. The molecule has 0 saturated heterocycles. The summed E-state index contributed by atoms with van der Waals surface area (Å²) in [6.45, 7) is 11.1. The van der Waals surface area contributed by atoms with E-state index in [1.807, 2.05) is 26.8 Å². The molecule has 1 atom stereocenters. The number of rotatable bonds is 5. The molecule has 30 heavy (non-hydrogen) atoms. The molecule has 3 aromatic rings. The van der Waals surface area contributed by atoms with Crippen LogP contribution in [-0.2, 0) is 20.7 Å². The molecule has 0 saturated carbocycles. The van der Waals surface area contributed by atoms with Gasteiger partial charge in [0.05, 0.1) is 19.1 Å². The van der Waals surface area contributed by atoms with Gasteiger partial charge < -0.3 is 18.9 Å². The van der Waals surface area contributed by atoms with E-state index in [0.29, 0.717) is 16.7 Å². The number of aryl methyl sites for hydroxylation is 4. The third-order valence-corrected chi connectivity index (χ3v) is 5.72. The second-order valence-electron chi connectivity index (χ2n) is 8.02. The molecule has 0 aliphatic rings. The molecule has 7 heteroatoms. The minimum atomic E-state index is -0.784. The molecular weight excluding hydrogens is 386 g/mol. The normalized spacial score (nSPS) is 12.5. The third kappa shape index (κ3) is 3.60. The van der Waals surface area contributed by atoms with Crippen molar-refractivity contribution in [3.05, 3.63) is 44.5 Å². The van der Waals surface area contributed by atoms with Gasteiger partial charge in [-0.3, -0.25) is 4.79 Å². The lowest BCUT2D eigenvalue weighted by atomic mass is 9.98. The van der Waals surface area contributed by atoms with Crippen LogP contribution in [0, 0.1) is 33.6 Å². The van der Waals surface area contributed by atoms with E-state index < -0.39 is 23.5 Å². The zero-order valence-corrected chi connectivity index (χ0v) is 18.4. The molecule has 2 heterocycles. The maximum atomic E-state index is 12.7. The first-order valence-electron chi connectivity index (χ1n) is 9.89. The van der Waals surface area contributed by atoms with Crippen LogP contribution in [0.2, 0.25) is 0 Å². The predicted molar refractivity (Wildman–Crippen MR) is 114 cm³/mol. The summed E-state index contributed by atoms with van der Waals surface area (Å²) in [6, 6.07) is 1.16. The van der Waals surface area contributed by atoms with Crippen LogP contribution in [0.1, 0.15) is 41.9 Å². The molecule has 0 aliphatic heterocycles. The van der Waals surface area contributed by atoms with Gasteiger partial charge in [0, 0.05) is 16.3 Å². The molecule has 1 N–H and O–H groups in total. The van der Waals surface area contributed by atoms with Crippen molar-refractivity contribution in [3.63, 3.8) is 0 Å². The number of benzene rings is 1. The van der Waals surface area contributed by atoms with Crippen LogP contribution >= 0.6 is 0 Å². The predicted octanol–water partition coefficient (Wildman–Crippen LogP) is 3.63. The molecule has 0 aliphatic carbocycles. The fourth-order valence-electron chi connectivity index (χ4n) is 3.71. The van der Waals surface area contributed by atoms with Crippen LogP contribution in [0.3, 0.4) is 0 Å².